The van der Waals surface area contributed by atoms with Gasteiger partial charge in [-0.3, -0.25) is 4.79 Å². The molecular weight excluding hydrogens is 252 g/mol. The number of nitrogens with zero attached hydrogens (tertiary/aromatic N) is 1. The van der Waals surface area contributed by atoms with Gasteiger partial charge in [0.15, 0.2) is 5.13 Å². The summed E-state index contributed by atoms with van der Waals surface area (Å²) in [5.74, 6) is -0.473. The van der Waals surface area contributed by atoms with Crippen LogP contribution in [0.3, 0.4) is 0 Å². The standard InChI is InChI=1S/C12H14N2O3S/c1-17-11(16)9-7-13-12(18-9)14-10(15)8-5-3-2-4-6-8/h2-3,7-8H,4-6H2,1H3,(H,13,14,15)/t8-/m1/s1. The van der Waals surface area contributed by atoms with Crippen molar-refractivity contribution in [1.82, 2.24) is 4.98 Å². The number of aromatic nitrogens is 1. The van der Waals surface area contributed by atoms with E-state index in [1.165, 1.54) is 13.3 Å². The highest BCUT2D eigenvalue weighted by molar-refractivity contribution is 7.17. The second kappa shape index (κ2) is 5.77. The number of hydrogen-bond acceptors (Lipinski definition) is 5. The quantitative estimate of drug-likeness (QED) is 0.673. The van der Waals surface area contributed by atoms with Crippen LogP contribution in [-0.4, -0.2) is 24.0 Å². The molecule has 6 heteroatoms. The Bertz CT molecular complexity index is 481. The second-order valence-electron chi connectivity index (χ2n) is 3.99. The molecule has 0 spiro atoms. The van der Waals surface area contributed by atoms with Gasteiger partial charge in [-0.2, -0.15) is 0 Å². The summed E-state index contributed by atoms with van der Waals surface area (Å²) in [4.78, 5) is 27.5. The van der Waals surface area contributed by atoms with E-state index in [1.807, 2.05) is 6.08 Å². The van der Waals surface area contributed by atoms with E-state index >= 15 is 0 Å². The first kappa shape index (κ1) is 12.8. The molecule has 1 N–H and O–H groups in total. The normalized spacial score (nSPS) is 18.4. The summed E-state index contributed by atoms with van der Waals surface area (Å²) in [5.41, 5.74) is 0. The molecule has 0 unspecified atom stereocenters. The van der Waals surface area contributed by atoms with Gasteiger partial charge < -0.3 is 10.1 Å². The Kier molecular flexibility index (Phi) is 4.09. The third-order valence-electron chi connectivity index (χ3n) is 2.76. The highest BCUT2D eigenvalue weighted by atomic mass is 32.1. The van der Waals surface area contributed by atoms with Gasteiger partial charge in [0, 0.05) is 5.92 Å². The van der Waals surface area contributed by atoms with Crippen molar-refractivity contribution in [3.63, 3.8) is 0 Å². The van der Waals surface area contributed by atoms with Crippen molar-refractivity contribution in [2.75, 3.05) is 12.4 Å². The van der Waals surface area contributed by atoms with E-state index < -0.39 is 5.97 Å². The Labute approximate surface area is 109 Å². The maximum absolute atomic E-state index is 11.9. The fourth-order valence-electron chi connectivity index (χ4n) is 1.77. The Morgan fingerprint density at radius 3 is 3.00 bits per heavy atom. The van der Waals surface area contributed by atoms with E-state index in [-0.39, 0.29) is 11.8 Å². The Morgan fingerprint density at radius 2 is 2.33 bits per heavy atom. The number of hydrogen-bond donors (Lipinski definition) is 1. The van der Waals surface area contributed by atoms with Crippen molar-refractivity contribution in [3.05, 3.63) is 23.2 Å². The number of methoxy groups -OCH3 is 1. The molecule has 1 heterocycles. The third-order valence-corrected chi connectivity index (χ3v) is 3.66. The van der Waals surface area contributed by atoms with Gasteiger partial charge in [0.2, 0.25) is 5.91 Å². The largest absolute Gasteiger partial charge is 0.465 e. The number of carbonyl (C=O) groups is 2. The lowest BCUT2D eigenvalue weighted by Crippen LogP contribution is -2.23. The van der Waals surface area contributed by atoms with Gasteiger partial charge in [-0.25, -0.2) is 9.78 Å². The van der Waals surface area contributed by atoms with Crippen LogP contribution in [0.1, 0.15) is 28.9 Å². The first-order valence-electron chi connectivity index (χ1n) is 5.70. The molecule has 1 aliphatic carbocycles. The molecule has 0 aliphatic heterocycles. The maximum Gasteiger partial charge on any atom is 0.349 e. The van der Waals surface area contributed by atoms with Crippen molar-refractivity contribution >= 4 is 28.3 Å². The molecule has 0 bridgehead atoms. The van der Waals surface area contributed by atoms with Crippen LogP contribution in [0.15, 0.2) is 18.3 Å². The van der Waals surface area contributed by atoms with E-state index in [0.29, 0.717) is 10.0 Å². The van der Waals surface area contributed by atoms with Crippen molar-refractivity contribution in [3.8, 4) is 0 Å². The SMILES string of the molecule is COC(=O)c1cnc(NC(=O)[C@@H]2CC=CCC2)s1. The smallest absolute Gasteiger partial charge is 0.349 e. The number of anilines is 1. The minimum atomic E-state index is -0.436. The van der Waals surface area contributed by atoms with Crippen LogP contribution in [0.4, 0.5) is 5.13 Å². The third kappa shape index (κ3) is 2.95. The van der Waals surface area contributed by atoms with Crippen LogP contribution in [0.25, 0.3) is 0 Å². The zero-order valence-corrected chi connectivity index (χ0v) is 10.8. The molecule has 1 aromatic heterocycles. The number of allylic oxidation sites excluding steroid dienone is 2. The van der Waals surface area contributed by atoms with Gasteiger partial charge in [-0.05, 0) is 19.3 Å². The monoisotopic (exact) mass is 266 g/mol. The van der Waals surface area contributed by atoms with Crippen LogP contribution >= 0.6 is 11.3 Å². The predicted molar refractivity (Wildman–Crippen MR) is 68.6 cm³/mol. The van der Waals surface area contributed by atoms with Gasteiger partial charge in [-0.1, -0.05) is 23.5 Å². The Hall–Kier alpha value is -1.69. The molecule has 0 aromatic carbocycles. The topological polar surface area (TPSA) is 68.3 Å². The lowest BCUT2D eigenvalue weighted by molar-refractivity contribution is -0.120. The molecule has 0 saturated carbocycles. The lowest BCUT2D eigenvalue weighted by Gasteiger charge is -2.15. The summed E-state index contributed by atoms with van der Waals surface area (Å²) >= 11 is 1.12. The predicted octanol–water partition coefficient (Wildman–Crippen LogP) is 2.22. The van der Waals surface area contributed by atoms with Gasteiger partial charge in [0.1, 0.15) is 4.88 Å². The average molecular weight is 266 g/mol. The number of rotatable bonds is 3. The summed E-state index contributed by atoms with van der Waals surface area (Å²) < 4.78 is 4.58. The number of ether oxygens (including phenoxy) is 1. The Balaban J connectivity index is 1.96. The van der Waals surface area contributed by atoms with Gasteiger partial charge in [-0.15, -0.1) is 0 Å². The summed E-state index contributed by atoms with van der Waals surface area (Å²) in [6, 6.07) is 0. The summed E-state index contributed by atoms with van der Waals surface area (Å²) in [5, 5.41) is 3.18. The fraction of sp³-hybridized carbons (Fsp3) is 0.417. The van der Waals surface area contributed by atoms with Crippen LogP contribution in [-0.2, 0) is 9.53 Å². The second-order valence-corrected chi connectivity index (χ2v) is 5.02. The maximum atomic E-state index is 11.9. The highest BCUT2D eigenvalue weighted by Gasteiger charge is 2.20. The molecule has 5 nitrogen and oxygen atoms in total. The number of thiazole rings is 1. The zero-order chi connectivity index (χ0) is 13.0. The van der Waals surface area contributed by atoms with Crippen molar-refractivity contribution in [1.29, 1.82) is 0 Å². The molecule has 1 atom stereocenters. The number of nitrogens with one attached hydrogen (secondary N) is 1. The molecule has 96 valence electrons. The number of amides is 1. The molecule has 0 fully saturated rings. The van der Waals surface area contributed by atoms with E-state index in [2.05, 4.69) is 21.1 Å². The van der Waals surface area contributed by atoms with Gasteiger partial charge in [0.25, 0.3) is 0 Å². The molecule has 0 radical (unpaired) electrons. The van der Waals surface area contributed by atoms with Crippen LogP contribution in [0, 0.1) is 5.92 Å². The van der Waals surface area contributed by atoms with E-state index in [1.54, 1.807) is 0 Å². The van der Waals surface area contributed by atoms with Crippen molar-refractivity contribution < 1.29 is 14.3 Å². The lowest BCUT2D eigenvalue weighted by atomic mass is 9.94. The number of carbonyl (C=O) groups excluding carboxylic acids is 2. The van der Waals surface area contributed by atoms with E-state index in [4.69, 9.17) is 0 Å². The molecular formula is C12H14N2O3S. The Morgan fingerprint density at radius 1 is 1.50 bits per heavy atom. The summed E-state index contributed by atoms with van der Waals surface area (Å²) in [6.07, 6.45) is 8.08. The minimum absolute atomic E-state index is 0.000441. The van der Waals surface area contributed by atoms with Crippen LogP contribution in [0.2, 0.25) is 0 Å². The minimum Gasteiger partial charge on any atom is -0.465 e. The van der Waals surface area contributed by atoms with Crippen LogP contribution in [0.5, 0.6) is 0 Å². The van der Waals surface area contributed by atoms with Gasteiger partial charge >= 0.3 is 5.97 Å². The molecule has 1 aromatic rings. The average Bonchev–Trinajstić information content (AvgIpc) is 2.87. The summed E-state index contributed by atoms with van der Waals surface area (Å²) in [7, 11) is 1.31. The first-order valence-corrected chi connectivity index (χ1v) is 6.52. The first-order chi connectivity index (χ1) is 8.70. The molecule has 2 rings (SSSR count). The van der Waals surface area contributed by atoms with E-state index in [9.17, 15) is 9.59 Å². The number of esters is 1. The fourth-order valence-corrected chi connectivity index (χ4v) is 2.50. The zero-order valence-electron chi connectivity index (χ0n) is 10.0. The highest BCUT2D eigenvalue weighted by Crippen LogP contribution is 2.23. The van der Waals surface area contributed by atoms with Crippen molar-refractivity contribution in [2.24, 2.45) is 5.92 Å². The molecule has 1 amide bonds. The molecule has 18 heavy (non-hydrogen) atoms. The molecule has 1 aliphatic rings. The van der Waals surface area contributed by atoms with Crippen molar-refractivity contribution in [2.45, 2.75) is 19.3 Å². The van der Waals surface area contributed by atoms with E-state index in [0.717, 1.165) is 30.6 Å². The van der Waals surface area contributed by atoms with Gasteiger partial charge in [0.05, 0.1) is 13.3 Å². The summed E-state index contributed by atoms with van der Waals surface area (Å²) in [6.45, 7) is 0. The van der Waals surface area contributed by atoms with Crippen LogP contribution < -0.4 is 5.32 Å². The molecule has 0 saturated heterocycles.